The molecule has 33 heavy (non-hydrogen) atoms. The number of benzene rings is 3. The number of rotatable bonds is 5. The molecule has 2 aliphatic heterocycles. The Morgan fingerprint density at radius 3 is 2.70 bits per heavy atom. The Kier molecular flexibility index (Phi) is 5.83. The van der Waals surface area contributed by atoms with Crippen molar-refractivity contribution in [1.29, 1.82) is 0 Å². The van der Waals surface area contributed by atoms with Gasteiger partial charge in [-0.1, -0.05) is 41.9 Å². The number of carbonyl (C=O) groups excluding carboxylic acids is 1. The van der Waals surface area contributed by atoms with Crippen LogP contribution >= 0.6 is 11.6 Å². The van der Waals surface area contributed by atoms with Crippen molar-refractivity contribution in [3.8, 4) is 17.2 Å². The van der Waals surface area contributed by atoms with Crippen LogP contribution in [0.4, 0.5) is 0 Å². The van der Waals surface area contributed by atoms with Crippen LogP contribution in [0.15, 0.2) is 60.4 Å². The maximum Gasteiger partial charge on any atom is 0.231 e. The van der Waals surface area contributed by atoms with Crippen molar-refractivity contribution in [1.82, 2.24) is 4.90 Å². The summed E-state index contributed by atoms with van der Waals surface area (Å²) in [5, 5.41) is 0.740. The number of allylic oxidation sites excluding steroid dienone is 1. The lowest BCUT2D eigenvalue weighted by Crippen LogP contribution is -2.34. The molecule has 2 aliphatic rings. The SMILES string of the molecule is COc1ccccc1/C=C1\Oc2c(cc3c(c2C)OCN(CCc2ccc(Cl)cc2)C3)C1=O. The highest BCUT2D eigenvalue weighted by molar-refractivity contribution is 6.30. The van der Waals surface area contributed by atoms with Gasteiger partial charge in [0.2, 0.25) is 5.78 Å². The topological polar surface area (TPSA) is 48.0 Å². The highest BCUT2D eigenvalue weighted by Gasteiger charge is 2.33. The van der Waals surface area contributed by atoms with Crippen LogP contribution < -0.4 is 14.2 Å². The molecule has 0 radical (unpaired) electrons. The van der Waals surface area contributed by atoms with Crippen molar-refractivity contribution in [2.45, 2.75) is 19.9 Å². The van der Waals surface area contributed by atoms with Gasteiger partial charge in [0.15, 0.2) is 5.76 Å². The van der Waals surface area contributed by atoms with Crippen molar-refractivity contribution >= 4 is 23.5 Å². The highest BCUT2D eigenvalue weighted by atomic mass is 35.5. The summed E-state index contributed by atoms with van der Waals surface area (Å²) in [6.45, 7) is 4.01. The lowest BCUT2D eigenvalue weighted by atomic mass is 9.99. The molecule has 3 aromatic rings. The minimum Gasteiger partial charge on any atom is -0.496 e. The van der Waals surface area contributed by atoms with Gasteiger partial charge < -0.3 is 14.2 Å². The molecule has 0 aromatic heterocycles. The molecule has 0 unspecified atom stereocenters. The largest absolute Gasteiger partial charge is 0.496 e. The summed E-state index contributed by atoms with van der Waals surface area (Å²) in [6, 6.07) is 17.4. The zero-order valence-electron chi connectivity index (χ0n) is 18.6. The van der Waals surface area contributed by atoms with E-state index in [1.54, 1.807) is 13.2 Å². The van der Waals surface area contributed by atoms with E-state index in [-0.39, 0.29) is 5.78 Å². The van der Waals surface area contributed by atoms with Crippen molar-refractivity contribution in [3.63, 3.8) is 0 Å². The van der Waals surface area contributed by atoms with Gasteiger partial charge in [-0.2, -0.15) is 0 Å². The van der Waals surface area contributed by atoms with E-state index in [1.807, 2.05) is 61.5 Å². The summed E-state index contributed by atoms with van der Waals surface area (Å²) in [5.74, 6) is 2.24. The average molecular weight is 462 g/mol. The Morgan fingerprint density at radius 1 is 1.12 bits per heavy atom. The minimum atomic E-state index is -0.125. The summed E-state index contributed by atoms with van der Waals surface area (Å²) in [4.78, 5) is 15.4. The average Bonchev–Trinajstić information content (AvgIpc) is 3.14. The van der Waals surface area contributed by atoms with Crippen LogP contribution in [0.1, 0.15) is 32.6 Å². The van der Waals surface area contributed by atoms with Crippen LogP contribution in [-0.2, 0) is 13.0 Å². The number of para-hydroxylation sites is 1. The molecule has 5 rings (SSSR count). The van der Waals surface area contributed by atoms with Crippen LogP contribution in [-0.4, -0.2) is 31.1 Å². The number of hydrogen-bond donors (Lipinski definition) is 0. The number of Topliss-reactive ketones (excluding diaryl/α,β-unsaturated/α-hetero) is 1. The molecule has 6 heteroatoms. The van der Waals surface area contributed by atoms with Crippen LogP contribution in [0, 0.1) is 6.92 Å². The van der Waals surface area contributed by atoms with Crippen LogP contribution in [0.3, 0.4) is 0 Å². The van der Waals surface area contributed by atoms with Crippen LogP contribution in [0.2, 0.25) is 5.02 Å². The van der Waals surface area contributed by atoms with Crippen LogP contribution in [0.25, 0.3) is 6.08 Å². The zero-order valence-corrected chi connectivity index (χ0v) is 19.3. The Bertz CT molecular complexity index is 1250. The predicted octanol–water partition coefficient (Wildman–Crippen LogP) is 5.67. The Morgan fingerprint density at radius 2 is 1.91 bits per heavy atom. The normalized spacial score (nSPS) is 16.2. The van der Waals surface area contributed by atoms with Gasteiger partial charge in [-0.05, 0) is 49.2 Å². The second-order valence-corrected chi connectivity index (χ2v) is 8.69. The fourth-order valence-electron chi connectivity index (χ4n) is 4.31. The van der Waals surface area contributed by atoms with Gasteiger partial charge >= 0.3 is 0 Å². The fraction of sp³-hybridized carbons (Fsp3) is 0.222. The number of halogens is 1. The standard InChI is InChI=1S/C27H24ClNO4/c1-17-26-20(15-29(16-32-26)12-11-18-7-9-21(28)10-8-18)13-22-25(30)24(33-27(17)22)14-19-5-3-4-6-23(19)31-2/h3-10,13-14H,11-12,15-16H2,1-2H3/b24-14-. The van der Waals surface area contributed by atoms with E-state index in [9.17, 15) is 4.79 Å². The monoisotopic (exact) mass is 461 g/mol. The van der Waals surface area contributed by atoms with Gasteiger partial charge in [0.25, 0.3) is 0 Å². The molecule has 0 amide bonds. The lowest BCUT2D eigenvalue weighted by Gasteiger charge is -2.30. The first kappa shape index (κ1) is 21.6. The van der Waals surface area contributed by atoms with E-state index >= 15 is 0 Å². The molecule has 0 saturated carbocycles. The predicted molar refractivity (Wildman–Crippen MR) is 128 cm³/mol. The Labute approximate surface area is 198 Å². The molecule has 168 valence electrons. The third-order valence-corrected chi connectivity index (χ3v) is 6.31. The van der Waals surface area contributed by atoms with Gasteiger partial charge in [-0.25, -0.2) is 0 Å². The second kappa shape index (κ2) is 8.93. The number of ether oxygens (including phenoxy) is 3. The Hall–Kier alpha value is -3.28. The first-order valence-corrected chi connectivity index (χ1v) is 11.2. The molecule has 0 saturated heterocycles. The fourth-order valence-corrected chi connectivity index (χ4v) is 4.43. The molecule has 0 fully saturated rings. The summed E-state index contributed by atoms with van der Waals surface area (Å²) in [5.41, 5.74) is 4.46. The molecule has 2 heterocycles. The van der Waals surface area contributed by atoms with Gasteiger partial charge in [0.1, 0.15) is 24.0 Å². The Balaban J connectivity index is 1.37. The number of nitrogens with zero attached hydrogens (tertiary/aromatic N) is 1. The molecule has 0 aliphatic carbocycles. The maximum absolute atomic E-state index is 13.2. The van der Waals surface area contributed by atoms with Crippen molar-refractivity contribution in [2.75, 3.05) is 20.4 Å². The molecule has 0 spiro atoms. The van der Waals surface area contributed by atoms with E-state index in [0.717, 1.165) is 47.0 Å². The highest BCUT2D eigenvalue weighted by Crippen LogP contribution is 2.43. The number of methoxy groups -OCH3 is 1. The van der Waals surface area contributed by atoms with E-state index in [0.29, 0.717) is 29.6 Å². The first-order chi connectivity index (χ1) is 16.0. The van der Waals surface area contributed by atoms with Crippen LogP contribution in [0.5, 0.6) is 17.2 Å². The number of carbonyl (C=O) groups is 1. The molecule has 0 atom stereocenters. The third-order valence-electron chi connectivity index (χ3n) is 6.06. The van der Waals surface area contributed by atoms with Gasteiger partial charge in [0.05, 0.1) is 12.7 Å². The van der Waals surface area contributed by atoms with E-state index < -0.39 is 0 Å². The second-order valence-electron chi connectivity index (χ2n) is 8.25. The first-order valence-electron chi connectivity index (χ1n) is 10.9. The maximum atomic E-state index is 13.2. The molecule has 5 nitrogen and oxygen atoms in total. The number of fused-ring (bicyclic) bond motifs is 2. The number of ketones is 1. The van der Waals surface area contributed by atoms with E-state index in [2.05, 4.69) is 4.90 Å². The number of hydrogen-bond acceptors (Lipinski definition) is 5. The van der Waals surface area contributed by atoms with Crippen molar-refractivity contribution < 1.29 is 19.0 Å². The minimum absolute atomic E-state index is 0.125. The van der Waals surface area contributed by atoms with Gasteiger partial charge in [-0.15, -0.1) is 0 Å². The molecule has 3 aromatic carbocycles. The molecule has 0 N–H and O–H groups in total. The quantitative estimate of drug-likeness (QED) is 0.458. The summed E-state index contributed by atoms with van der Waals surface area (Å²) >= 11 is 5.98. The third kappa shape index (κ3) is 4.22. The van der Waals surface area contributed by atoms with Crippen molar-refractivity contribution in [2.24, 2.45) is 0 Å². The summed E-state index contributed by atoms with van der Waals surface area (Å²) < 4.78 is 17.5. The molecule has 0 bridgehead atoms. The van der Waals surface area contributed by atoms with Crippen molar-refractivity contribution in [3.05, 3.63) is 93.2 Å². The smallest absolute Gasteiger partial charge is 0.231 e. The summed E-state index contributed by atoms with van der Waals surface area (Å²) in [7, 11) is 1.61. The summed E-state index contributed by atoms with van der Waals surface area (Å²) in [6.07, 6.45) is 2.63. The van der Waals surface area contributed by atoms with Gasteiger partial charge in [-0.3, -0.25) is 9.69 Å². The lowest BCUT2D eigenvalue weighted by molar-refractivity contribution is 0.0954. The zero-order chi connectivity index (χ0) is 22.9. The molecular formula is C27H24ClNO4. The molecular weight excluding hydrogens is 438 g/mol. The van der Waals surface area contributed by atoms with Gasteiger partial charge in [0, 0.05) is 34.8 Å². The van der Waals surface area contributed by atoms with E-state index in [1.165, 1.54) is 5.56 Å². The van der Waals surface area contributed by atoms with E-state index in [4.69, 9.17) is 25.8 Å².